The molecule has 0 aromatic heterocycles. The van der Waals surface area contributed by atoms with Crippen molar-refractivity contribution in [1.82, 2.24) is 4.90 Å². The minimum absolute atomic E-state index is 0.255. The van der Waals surface area contributed by atoms with E-state index in [4.69, 9.17) is 10.5 Å². The molecule has 0 aliphatic heterocycles. The molecule has 1 aromatic carbocycles. The Balaban J connectivity index is 2.48. The van der Waals surface area contributed by atoms with Crippen LogP contribution in [0.3, 0.4) is 0 Å². The largest absolute Gasteiger partial charge is 0.489 e. The number of hydrogen-bond donors (Lipinski definition) is 2. The van der Waals surface area contributed by atoms with Crippen molar-refractivity contribution in [2.45, 2.75) is 13.0 Å². The fourth-order valence-corrected chi connectivity index (χ4v) is 1.46. The molecule has 0 aliphatic rings. The van der Waals surface area contributed by atoms with Gasteiger partial charge in [0, 0.05) is 6.54 Å². The highest BCUT2D eigenvalue weighted by Gasteiger charge is 2.07. The van der Waals surface area contributed by atoms with Crippen LogP contribution < -0.4 is 10.5 Å². The van der Waals surface area contributed by atoms with Gasteiger partial charge in [-0.15, -0.1) is 0 Å². The Morgan fingerprint density at radius 1 is 1.44 bits per heavy atom. The first kappa shape index (κ1) is 12.8. The van der Waals surface area contributed by atoms with Gasteiger partial charge in [0.1, 0.15) is 18.5 Å². The van der Waals surface area contributed by atoms with Crippen molar-refractivity contribution in [3.63, 3.8) is 0 Å². The zero-order valence-electron chi connectivity index (χ0n) is 10.1. The van der Waals surface area contributed by atoms with E-state index in [2.05, 4.69) is 0 Å². The number of nitrogens with zero attached hydrogens (tertiary/aromatic N) is 1. The van der Waals surface area contributed by atoms with Crippen molar-refractivity contribution in [2.75, 3.05) is 33.0 Å². The Hall–Kier alpha value is -1.26. The number of rotatable bonds is 5. The Bertz CT molecular complexity index is 340. The summed E-state index contributed by atoms with van der Waals surface area (Å²) in [6, 6.07) is 5.62. The van der Waals surface area contributed by atoms with Crippen molar-refractivity contribution in [3.05, 3.63) is 23.8 Å². The van der Waals surface area contributed by atoms with Gasteiger partial charge in [-0.1, -0.05) is 6.07 Å². The molecule has 0 bridgehead atoms. The summed E-state index contributed by atoms with van der Waals surface area (Å²) >= 11 is 0. The van der Waals surface area contributed by atoms with E-state index >= 15 is 0 Å². The number of aliphatic hydroxyl groups is 1. The van der Waals surface area contributed by atoms with Crippen LogP contribution >= 0.6 is 0 Å². The maximum atomic E-state index is 9.62. The molecule has 0 saturated heterocycles. The SMILES string of the molecule is Cc1ccc(OCC(O)CN(C)C)c(N)c1. The quantitative estimate of drug-likeness (QED) is 0.729. The summed E-state index contributed by atoms with van der Waals surface area (Å²) < 4.78 is 5.45. The first-order chi connectivity index (χ1) is 7.49. The molecule has 1 aromatic rings. The van der Waals surface area contributed by atoms with Crippen LogP contribution in [0.1, 0.15) is 5.56 Å². The second-order valence-corrected chi connectivity index (χ2v) is 4.27. The predicted octanol–water partition coefficient (Wildman–Crippen LogP) is 0.879. The molecule has 0 heterocycles. The highest BCUT2D eigenvalue weighted by Crippen LogP contribution is 2.22. The van der Waals surface area contributed by atoms with E-state index in [0.29, 0.717) is 18.0 Å². The summed E-state index contributed by atoms with van der Waals surface area (Å²) in [7, 11) is 3.81. The summed E-state index contributed by atoms with van der Waals surface area (Å²) in [6.45, 7) is 2.80. The van der Waals surface area contributed by atoms with E-state index < -0.39 is 6.10 Å². The summed E-state index contributed by atoms with van der Waals surface area (Å²) in [5.74, 6) is 0.628. The Kier molecular flexibility index (Phi) is 4.58. The van der Waals surface area contributed by atoms with Crippen molar-refractivity contribution in [2.24, 2.45) is 0 Å². The fraction of sp³-hybridized carbons (Fsp3) is 0.500. The molecule has 0 fully saturated rings. The van der Waals surface area contributed by atoms with Gasteiger partial charge >= 0.3 is 0 Å². The first-order valence-corrected chi connectivity index (χ1v) is 5.30. The van der Waals surface area contributed by atoms with Crippen LogP contribution in [0.2, 0.25) is 0 Å². The molecule has 0 aliphatic carbocycles. The number of aliphatic hydroxyl groups excluding tert-OH is 1. The molecular formula is C12H20N2O2. The van der Waals surface area contributed by atoms with E-state index in [0.717, 1.165) is 5.56 Å². The molecule has 0 spiro atoms. The summed E-state index contributed by atoms with van der Waals surface area (Å²) in [6.07, 6.45) is -0.504. The molecule has 90 valence electrons. The van der Waals surface area contributed by atoms with Crippen molar-refractivity contribution in [1.29, 1.82) is 0 Å². The van der Waals surface area contributed by atoms with Gasteiger partial charge in [-0.05, 0) is 38.7 Å². The summed E-state index contributed by atoms with van der Waals surface area (Å²) in [4.78, 5) is 1.91. The van der Waals surface area contributed by atoms with Crippen molar-refractivity contribution >= 4 is 5.69 Å². The highest BCUT2D eigenvalue weighted by molar-refractivity contribution is 5.53. The predicted molar refractivity (Wildman–Crippen MR) is 65.6 cm³/mol. The summed E-state index contributed by atoms with van der Waals surface area (Å²) in [5.41, 5.74) is 7.50. The molecule has 3 N–H and O–H groups in total. The number of anilines is 1. The maximum Gasteiger partial charge on any atom is 0.142 e. The topological polar surface area (TPSA) is 58.7 Å². The van der Waals surface area contributed by atoms with E-state index in [-0.39, 0.29) is 6.61 Å². The Labute approximate surface area is 96.6 Å². The number of benzene rings is 1. The lowest BCUT2D eigenvalue weighted by atomic mass is 10.2. The fourth-order valence-electron chi connectivity index (χ4n) is 1.46. The minimum atomic E-state index is -0.504. The van der Waals surface area contributed by atoms with Gasteiger partial charge in [-0.25, -0.2) is 0 Å². The zero-order chi connectivity index (χ0) is 12.1. The van der Waals surface area contributed by atoms with Crippen molar-refractivity contribution in [3.8, 4) is 5.75 Å². The van der Waals surface area contributed by atoms with Gasteiger partial charge < -0.3 is 20.5 Å². The average Bonchev–Trinajstić information content (AvgIpc) is 2.15. The standard InChI is InChI=1S/C12H20N2O2/c1-9-4-5-12(11(13)6-9)16-8-10(15)7-14(2)3/h4-6,10,15H,7-8,13H2,1-3H3. The van der Waals surface area contributed by atoms with Gasteiger partial charge in [-0.3, -0.25) is 0 Å². The number of aryl methyl sites for hydroxylation is 1. The zero-order valence-corrected chi connectivity index (χ0v) is 10.1. The molecule has 1 unspecified atom stereocenters. The normalized spacial score (nSPS) is 12.8. The number of nitrogens with two attached hydrogens (primary N) is 1. The molecule has 1 rings (SSSR count). The lowest BCUT2D eigenvalue weighted by molar-refractivity contribution is 0.0834. The monoisotopic (exact) mass is 224 g/mol. The third-order valence-electron chi connectivity index (χ3n) is 2.17. The molecule has 4 nitrogen and oxygen atoms in total. The first-order valence-electron chi connectivity index (χ1n) is 5.30. The number of likely N-dealkylation sites (N-methyl/N-ethyl adjacent to an activating group) is 1. The van der Waals surface area contributed by atoms with Crippen LogP contribution in [-0.4, -0.2) is 43.4 Å². The van der Waals surface area contributed by atoms with E-state index in [9.17, 15) is 5.11 Å². The van der Waals surface area contributed by atoms with Crippen LogP contribution in [-0.2, 0) is 0 Å². The molecule has 16 heavy (non-hydrogen) atoms. The van der Waals surface area contributed by atoms with Crippen LogP contribution in [0.5, 0.6) is 5.75 Å². The molecule has 0 saturated carbocycles. The average molecular weight is 224 g/mol. The Morgan fingerprint density at radius 3 is 2.69 bits per heavy atom. The molecule has 0 amide bonds. The third kappa shape index (κ3) is 4.08. The lowest BCUT2D eigenvalue weighted by Crippen LogP contribution is -2.30. The van der Waals surface area contributed by atoms with Crippen LogP contribution in [0.25, 0.3) is 0 Å². The minimum Gasteiger partial charge on any atom is -0.489 e. The molecular weight excluding hydrogens is 204 g/mol. The van der Waals surface area contributed by atoms with Crippen LogP contribution in [0, 0.1) is 6.92 Å². The van der Waals surface area contributed by atoms with E-state index in [1.807, 2.05) is 44.1 Å². The number of hydrogen-bond acceptors (Lipinski definition) is 4. The molecule has 4 heteroatoms. The highest BCUT2D eigenvalue weighted by atomic mass is 16.5. The number of nitrogen functional groups attached to an aromatic ring is 1. The van der Waals surface area contributed by atoms with Crippen LogP contribution in [0.15, 0.2) is 18.2 Å². The van der Waals surface area contributed by atoms with Crippen LogP contribution in [0.4, 0.5) is 5.69 Å². The van der Waals surface area contributed by atoms with Gasteiger partial charge in [0.05, 0.1) is 5.69 Å². The summed E-state index contributed by atoms with van der Waals surface area (Å²) in [5, 5.41) is 9.62. The molecule has 0 radical (unpaired) electrons. The van der Waals surface area contributed by atoms with Gasteiger partial charge in [0.2, 0.25) is 0 Å². The second kappa shape index (κ2) is 5.72. The van der Waals surface area contributed by atoms with Gasteiger partial charge in [-0.2, -0.15) is 0 Å². The molecule has 1 atom stereocenters. The smallest absolute Gasteiger partial charge is 0.142 e. The van der Waals surface area contributed by atoms with Gasteiger partial charge in [0.25, 0.3) is 0 Å². The number of ether oxygens (including phenoxy) is 1. The second-order valence-electron chi connectivity index (χ2n) is 4.27. The maximum absolute atomic E-state index is 9.62. The Morgan fingerprint density at radius 2 is 2.12 bits per heavy atom. The lowest BCUT2D eigenvalue weighted by Gasteiger charge is -2.17. The van der Waals surface area contributed by atoms with E-state index in [1.54, 1.807) is 0 Å². The van der Waals surface area contributed by atoms with E-state index in [1.165, 1.54) is 0 Å². The third-order valence-corrected chi connectivity index (χ3v) is 2.17. The van der Waals surface area contributed by atoms with Crippen molar-refractivity contribution < 1.29 is 9.84 Å². The van der Waals surface area contributed by atoms with Gasteiger partial charge in [0.15, 0.2) is 0 Å².